The van der Waals surface area contributed by atoms with Gasteiger partial charge in [0.05, 0.1) is 6.54 Å². The van der Waals surface area contributed by atoms with Crippen LogP contribution in [0.2, 0.25) is 5.02 Å². The van der Waals surface area contributed by atoms with Crippen LogP contribution in [-0.4, -0.2) is 36.4 Å². The average molecular weight is 387 g/mol. The van der Waals surface area contributed by atoms with Crippen LogP contribution >= 0.6 is 11.6 Å². The number of halogens is 1. The number of anilines is 1. The first kappa shape index (κ1) is 19.2. The molecule has 27 heavy (non-hydrogen) atoms. The van der Waals surface area contributed by atoms with Gasteiger partial charge in [-0.25, -0.2) is 0 Å². The number of nitrogens with zero attached hydrogens (tertiary/aromatic N) is 2. The van der Waals surface area contributed by atoms with Gasteiger partial charge in [0.25, 0.3) is 0 Å². The average Bonchev–Trinajstić information content (AvgIpc) is 3.00. The lowest BCUT2D eigenvalue weighted by Crippen LogP contribution is -2.33. The van der Waals surface area contributed by atoms with E-state index in [1.807, 2.05) is 48.5 Å². The van der Waals surface area contributed by atoms with E-state index in [2.05, 4.69) is 11.8 Å². The number of hydrogen-bond acceptors (Lipinski definition) is 4. The topological polar surface area (TPSA) is 49.9 Å². The molecule has 0 saturated carbocycles. The quantitative estimate of drug-likeness (QED) is 0.646. The van der Waals surface area contributed by atoms with Crippen molar-refractivity contribution in [3.8, 4) is 5.75 Å². The minimum Gasteiger partial charge on any atom is -0.492 e. The summed E-state index contributed by atoms with van der Waals surface area (Å²) >= 11 is 5.96. The lowest BCUT2D eigenvalue weighted by molar-refractivity contribution is -0.138. The molecule has 1 saturated heterocycles. The Morgan fingerprint density at radius 1 is 1.00 bits per heavy atom. The Labute approximate surface area is 164 Å². The summed E-state index contributed by atoms with van der Waals surface area (Å²) in [5.41, 5.74) is 2.30. The predicted molar refractivity (Wildman–Crippen MR) is 106 cm³/mol. The third-order valence-electron chi connectivity index (χ3n) is 4.61. The van der Waals surface area contributed by atoms with Gasteiger partial charge in [0, 0.05) is 36.6 Å². The van der Waals surface area contributed by atoms with Gasteiger partial charge in [0.2, 0.25) is 11.8 Å². The van der Waals surface area contributed by atoms with Crippen molar-refractivity contribution >= 4 is 29.1 Å². The molecule has 1 fully saturated rings. The van der Waals surface area contributed by atoms with Crippen LogP contribution < -0.4 is 9.64 Å². The van der Waals surface area contributed by atoms with E-state index in [1.54, 1.807) is 0 Å². The second-order valence-corrected chi connectivity index (χ2v) is 6.86. The number of likely N-dealkylation sites (tertiary alicyclic amines) is 1. The number of ether oxygens (including phenoxy) is 1. The standard InChI is InChI=1S/C21H23ClN2O3/c1-2-23(18-7-5-17(22)6-8-18)15-16-3-9-19(10-4-16)27-14-13-24-20(25)11-12-21(24)26/h3-10H,2,11-15H2,1H3. The summed E-state index contributed by atoms with van der Waals surface area (Å²) in [6.07, 6.45) is 0.629. The first-order valence-electron chi connectivity index (χ1n) is 9.12. The van der Waals surface area contributed by atoms with Crippen LogP contribution in [0.3, 0.4) is 0 Å². The molecule has 1 aliphatic rings. The van der Waals surface area contributed by atoms with Gasteiger partial charge in [-0.15, -0.1) is 0 Å². The molecular weight excluding hydrogens is 364 g/mol. The highest BCUT2D eigenvalue weighted by atomic mass is 35.5. The first-order chi connectivity index (χ1) is 13.1. The fourth-order valence-electron chi connectivity index (χ4n) is 3.08. The molecule has 2 aromatic carbocycles. The number of carbonyl (C=O) groups excluding carboxylic acids is 2. The van der Waals surface area contributed by atoms with Crippen LogP contribution in [0.15, 0.2) is 48.5 Å². The van der Waals surface area contributed by atoms with Crippen LogP contribution in [0.4, 0.5) is 5.69 Å². The van der Waals surface area contributed by atoms with E-state index in [0.717, 1.165) is 29.5 Å². The van der Waals surface area contributed by atoms with Gasteiger partial charge in [0.1, 0.15) is 12.4 Å². The molecule has 0 N–H and O–H groups in total. The highest BCUT2D eigenvalue weighted by Crippen LogP contribution is 2.21. The predicted octanol–water partition coefficient (Wildman–Crippen LogP) is 3.89. The van der Waals surface area contributed by atoms with Crippen LogP contribution in [-0.2, 0) is 16.1 Å². The number of benzene rings is 2. The molecule has 0 spiro atoms. The van der Waals surface area contributed by atoms with Crippen molar-refractivity contribution in [3.63, 3.8) is 0 Å². The summed E-state index contributed by atoms with van der Waals surface area (Å²) in [7, 11) is 0. The number of amides is 2. The minimum absolute atomic E-state index is 0.110. The minimum atomic E-state index is -0.110. The highest BCUT2D eigenvalue weighted by Gasteiger charge is 2.28. The molecule has 3 rings (SSSR count). The molecular formula is C21H23ClN2O3. The van der Waals surface area contributed by atoms with Crippen molar-refractivity contribution in [1.82, 2.24) is 4.90 Å². The van der Waals surface area contributed by atoms with Crippen molar-refractivity contribution < 1.29 is 14.3 Å². The van der Waals surface area contributed by atoms with Crippen LogP contribution in [0.1, 0.15) is 25.3 Å². The number of rotatable bonds is 8. The number of imide groups is 1. The van der Waals surface area contributed by atoms with E-state index < -0.39 is 0 Å². The molecule has 2 aromatic rings. The highest BCUT2D eigenvalue weighted by molar-refractivity contribution is 6.30. The summed E-state index contributed by atoms with van der Waals surface area (Å²) in [5.74, 6) is 0.508. The van der Waals surface area contributed by atoms with Gasteiger partial charge >= 0.3 is 0 Å². The molecule has 0 bridgehead atoms. The lowest BCUT2D eigenvalue weighted by Gasteiger charge is -2.23. The lowest BCUT2D eigenvalue weighted by atomic mass is 10.2. The number of carbonyl (C=O) groups is 2. The Bertz CT molecular complexity index is 774. The normalized spacial score (nSPS) is 13.9. The maximum atomic E-state index is 11.6. The summed E-state index contributed by atoms with van der Waals surface area (Å²) in [4.78, 5) is 26.7. The molecule has 2 amide bonds. The number of hydrogen-bond donors (Lipinski definition) is 0. The Hall–Kier alpha value is -2.53. The van der Waals surface area contributed by atoms with Crippen molar-refractivity contribution in [3.05, 3.63) is 59.1 Å². The van der Waals surface area contributed by atoms with Gasteiger partial charge in [-0.3, -0.25) is 14.5 Å². The zero-order chi connectivity index (χ0) is 19.2. The fourth-order valence-corrected chi connectivity index (χ4v) is 3.20. The third kappa shape index (κ3) is 5.01. The summed E-state index contributed by atoms with van der Waals surface area (Å²) in [6, 6.07) is 15.7. The van der Waals surface area contributed by atoms with Crippen molar-refractivity contribution in [2.45, 2.75) is 26.3 Å². The van der Waals surface area contributed by atoms with Gasteiger partial charge in [-0.1, -0.05) is 23.7 Å². The van der Waals surface area contributed by atoms with Crippen molar-refractivity contribution in [2.24, 2.45) is 0 Å². The van der Waals surface area contributed by atoms with E-state index in [1.165, 1.54) is 10.5 Å². The van der Waals surface area contributed by atoms with Crippen molar-refractivity contribution in [1.29, 1.82) is 0 Å². The van der Waals surface area contributed by atoms with Gasteiger partial charge in [0.15, 0.2) is 0 Å². The largest absolute Gasteiger partial charge is 0.492 e. The van der Waals surface area contributed by atoms with E-state index in [0.29, 0.717) is 26.0 Å². The van der Waals surface area contributed by atoms with E-state index in [9.17, 15) is 9.59 Å². The molecule has 6 heteroatoms. The van der Waals surface area contributed by atoms with E-state index in [4.69, 9.17) is 16.3 Å². The summed E-state index contributed by atoms with van der Waals surface area (Å²) in [6.45, 7) is 4.41. The van der Waals surface area contributed by atoms with Crippen LogP contribution in [0.5, 0.6) is 5.75 Å². The third-order valence-corrected chi connectivity index (χ3v) is 4.86. The zero-order valence-corrected chi connectivity index (χ0v) is 16.1. The van der Waals surface area contributed by atoms with Gasteiger partial charge in [-0.2, -0.15) is 0 Å². The smallest absolute Gasteiger partial charge is 0.229 e. The molecule has 1 aliphatic heterocycles. The Balaban J connectivity index is 1.52. The van der Waals surface area contributed by atoms with Gasteiger partial charge < -0.3 is 9.64 Å². The molecule has 0 radical (unpaired) electrons. The van der Waals surface area contributed by atoms with Crippen LogP contribution in [0.25, 0.3) is 0 Å². The molecule has 0 unspecified atom stereocenters. The Morgan fingerprint density at radius 3 is 2.22 bits per heavy atom. The second-order valence-electron chi connectivity index (χ2n) is 6.42. The van der Waals surface area contributed by atoms with Gasteiger partial charge in [-0.05, 0) is 48.9 Å². The summed E-state index contributed by atoms with van der Waals surface area (Å²) < 4.78 is 5.67. The van der Waals surface area contributed by atoms with E-state index >= 15 is 0 Å². The molecule has 0 aliphatic carbocycles. The SMILES string of the molecule is CCN(Cc1ccc(OCCN2C(=O)CCC2=O)cc1)c1ccc(Cl)cc1. The monoisotopic (exact) mass is 386 g/mol. The molecule has 5 nitrogen and oxygen atoms in total. The molecule has 0 atom stereocenters. The van der Waals surface area contributed by atoms with E-state index in [-0.39, 0.29) is 11.8 Å². The molecule has 0 aromatic heterocycles. The molecule has 142 valence electrons. The fraction of sp³-hybridized carbons (Fsp3) is 0.333. The van der Waals surface area contributed by atoms with Crippen molar-refractivity contribution in [2.75, 3.05) is 24.6 Å². The molecule has 1 heterocycles. The second kappa shape index (κ2) is 8.91. The summed E-state index contributed by atoms with van der Waals surface area (Å²) in [5, 5.41) is 0.730. The zero-order valence-electron chi connectivity index (χ0n) is 15.4. The Morgan fingerprint density at radius 2 is 1.63 bits per heavy atom. The van der Waals surface area contributed by atoms with Crippen LogP contribution in [0, 0.1) is 0 Å². The Kier molecular flexibility index (Phi) is 6.35. The first-order valence-corrected chi connectivity index (χ1v) is 9.50. The maximum Gasteiger partial charge on any atom is 0.229 e. The maximum absolute atomic E-state index is 11.6.